The Morgan fingerprint density at radius 2 is 1.72 bits per heavy atom. The Hall–Kier alpha value is -1.45. The highest BCUT2D eigenvalue weighted by atomic mass is 32.2. The van der Waals surface area contributed by atoms with Crippen LogP contribution >= 0.6 is 0 Å². The molecule has 2 saturated carbocycles. The fraction of sp³-hybridized carbons (Fsp3) is 0.800. The molecule has 1 aromatic rings. The largest absolute Gasteiger partial charge is 0.340 e. The fourth-order valence-corrected chi connectivity index (χ4v) is 6.27. The molecule has 1 saturated heterocycles. The van der Waals surface area contributed by atoms with Crippen molar-refractivity contribution in [1.82, 2.24) is 24.1 Å². The average molecular weight is 424 g/mol. The zero-order valence-electron chi connectivity index (χ0n) is 17.5. The second-order valence-electron chi connectivity index (χ2n) is 8.82. The summed E-state index contributed by atoms with van der Waals surface area (Å²) < 4.78 is 29.7. The van der Waals surface area contributed by atoms with E-state index in [-0.39, 0.29) is 22.9 Å². The topological polar surface area (TPSA) is 87.5 Å². The smallest absolute Gasteiger partial charge is 0.258 e. The Morgan fingerprint density at radius 3 is 2.24 bits per heavy atom. The van der Waals surface area contributed by atoms with Gasteiger partial charge >= 0.3 is 0 Å². The van der Waals surface area contributed by atoms with Crippen LogP contribution in [-0.2, 0) is 21.9 Å². The first-order valence-electron chi connectivity index (χ1n) is 10.9. The second kappa shape index (κ2) is 8.35. The van der Waals surface area contributed by atoms with Crippen LogP contribution in [0.4, 0.5) is 0 Å². The van der Waals surface area contributed by atoms with Crippen LogP contribution in [0.1, 0.15) is 50.8 Å². The van der Waals surface area contributed by atoms with Crippen molar-refractivity contribution < 1.29 is 13.2 Å². The normalized spacial score (nSPS) is 27.0. The van der Waals surface area contributed by atoms with Gasteiger partial charge in [-0.05, 0) is 45.4 Å². The van der Waals surface area contributed by atoms with Gasteiger partial charge in [0.15, 0.2) is 5.03 Å². The first-order valence-corrected chi connectivity index (χ1v) is 12.4. The van der Waals surface area contributed by atoms with E-state index >= 15 is 0 Å². The molecule has 0 unspecified atom stereocenters. The molecule has 2 aliphatic carbocycles. The van der Waals surface area contributed by atoms with E-state index in [2.05, 4.69) is 14.6 Å². The van der Waals surface area contributed by atoms with Crippen LogP contribution in [0.15, 0.2) is 11.2 Å². The van der Waals surface area contributed by atoms with Crippen LogP contribution in [0, 0.1) is 12.8 Å². The Balaban J connectivity index is 1.26. The number of sulfonamides is 1. The third kappa shape index (κ3) is 4.36. The maximum absolute atomic E-state index is 12.9. The number of nitrogens with one attached hydrogen (secondary N) is 1. The number of aryl methyl sites for hydroxylation is 1. The van der Waals surface area contributed by atoms with Gasteiger partial charge in [0.25, 0.3) is 10.0 Å². The lowest BCUT2D eigenvalue weighted by molar-refractivity contribution is -0.139. The van der Waals surface area contributed by atoms with Crippen molar-refractivity contribution in [3.63, 3.8) is 0 Å². The molecule has 1 aromatic heterocycles. The lowest BCUT2D eigenvalue weighted by Crippen LogP contribution is -2.54. The molecule has 0 aromatic carbocycles. The summed E-state index contributed by atoms with van der Waals surface area (Å²) in [6, 6.07) is 0.633. The molecule has 4 rings (SSSR count). The number of hydrogen-bond donors (Lipinski definition) is 1. The Kier molecular flexibility index (Phi) is 5.99. The molecule has 0 atom stereocenters. The van der Waals surface area contributed by atoms with Gasteiger partial charge in [-0.1, -0.05) is 6.42 Å². The second-order valence-corrected chi connectivity index (χ2v) is 10.5. The maximum Gasteiger partial charge on any atom is 0.258 e. The summed E-state index contributed by atoms with van der Waals surface area (Å²) in [5.74, 6) is 0.962. The molecule has 2 heterocycles. The number of amides is 1. The zero-order valence-corrected chi connectivity index (χ0v) is 18.3. The molecule has 3 aliphatic rings. The van der Waals surface area contributed by atoms with Crippen molar-refractivity contribution >= 4 is 15.9 Å². The predicted octanol–water partition coefficient (Wildman–Crippen LogP) is 1.26. The van der Waals surface area contributed by atoms with Crippen LogP contribution in [0.2, 0.25) is 0 Å². The number of aromatic nitrogens is 2. The standard InChI is InChI=1S/C20H33N5O3S/c1-15-21-14-19(23(15)2)29(27,28)22-17-8-6-16(7-9-17)20(26)25-12-10-24(11-13-25)18-4-3-5-18/h14,16-18,22H,3-13H2,1-2H3/t16-,17-. The summed E-state index contributed by atoms with van der Waals surface area (Å²) in [6.45, 7) is 5.44. The van der Waals surface area contributed by atoms with E-state index in [1.165, 1.54) is 25.5 Å². The molecule has 1 amide bonds. The van der Waals surface area contributed by atoms with Crippen molar-refractivity contribution in [3.05, 3.63) is 12.0 Å². The first kappa shape index (κ1) is 20.8. The average Bonchev–Trinajstić information content (AvgIpc) is 3.00. The molecule has 29 heavy (non-hydrogen) atoms. The molecule has 0 radical (unpaired) electrons. The lowest BCUT2D eigenvalue weighted by atomic mass is 9.85. The van der Waals surface area contributed by atoms with Gasteiger partial charge in [-0.15, -0.1) is 0 Å². The molecule has 0 bridgehead atoms. The van der Waals surface area contributed by atoms with Crippen LogP contribution in [0.3, 0.4) is 0 Å². The van der Waals surface area contributed by atoms with Gasteiger partial charge in [0.2, 0.25) is 5.91 Å². The van der Waals surface area contributed by atoms with Crippen LogP contribution < -0.4 is 4.72 Å². The van der Waals surface area contributed by atoms with E-state index in [0.29, 0.717) is 18.7 Å². The van der Waals surface area contributed by atoms with Crippen molar-refractivity contribution in [3.8, 4) is 0 Å². The third-order valence-electron chi connectivity index (χ3n) is 7.07. The van der Waals surface area contributed by atoms with E-state index in [9.17, 15) is 13.2 Å². The SMILES string of the molecule is Cc1ncc(S(=O)(=O)N[C@H]2CC[C@H](C(=O)N3CCN(C4CCC4)CC3)CC2)n1C. The minimum atomic E-state index is -3.59. The highest BCUT2D eigenvalue weighted by Gasteiger charge is 2.34. The molecule has 1 N–H and O–H groups in total. The van der Waals surface area contributed by atoms with Gasteiger partial charge in [0.05, 0.1) is 6.20 Å². The summed E-state index contributed by atoms with van der Waals surface area (Å²) in [4.78, 5) is 21.6. The molecular formula is C20H33N5O3S. The van der Waals surface area contributed by atoms with Gasteiger partial charge in [0.1, 0.15) is 5.82 Å². The highest BCUT2D eigenvalue weighted by molar-refractivity contribution is 7.89. The van der Waals surface area contributed by atoms with E-state index in [1.54, 1.807) is 18.5 Å². The minimum absolute atomic E-state index is 0.0324. The monoisotopic (exact) mass is 423 g/mol. The van der Waals surface area contributed by atoms with Crippen LogP contribution in [0.5, 0.6) is 0 Å². The van der Waals surface area contributed by atoms with Crippen LogP contribution in [-0.4, -0.2) is 71.9 Å². The fourth-order valence-electron chi connectivity index (χ4n) is 4.79. The molecular weight excluding hydrogens is 390 g/mol. The molecule has 0 spiro atoms. The van der Waals surface area contributed by atoms with E-state index in [4.69, 9.17) is 0 Å². The molecule has 9 heteroatoms. The predicted molar refractivity (Wildman–Crippen MR) is 110 cm³/mol. The Bertz CT molecular complexity index is 832. The zero-order chi connectivity index (χ0) is 20.6. The number of nitrogens with zero attached hydrogens (tertiary/aromatic N) is 4. The van der Waals surface area contributed by atoms with Gasteiger partial charge < -0.3 is 9.47 Å². The van der Waals surface area contributed by atoms with Gasteiger partial charge in [-0.25, -0.2) is 18.1 Å². The van der Waals surface area contributed by atoms with E-state index < -0.39 is 10.0 Å². The summed E-state index contributed by atoms with van der Waals surface area (Å²) in [5, 5.41) is 0.192. The number of piperazine rings is 1. The molecule has 3 fully saturated rings. The number of imidazole rings is 1. The number of rotatable bonds is 5. The Morgan fingerprint density at radius 1 is 1.07 bits per heavy atom. The summed E-state index contributed by atoms with van der Waals surface area (Å²) in [5.41, 5.74) is 0. The molecule has 162 valence electrons. The summed E-state index contributed by atoms with van der Waals surface area (Å²) in [7, 11) is -1.88. The van der Waals surface area contributed by atoms with E-state index in [0.717, 1.165) is 45.1 Å². The van der Waals surface area contributed by atoms with Crippen LogP contribution in [0.25, 0.3) is 0 Å². The maximum atomic E-state index is 12.9. The first-order chi connectivity index (χ1) is 13.8. The summed E-state index contributed by atoms with van der Waals surface area (Å²) >= 11 is 0. The van der Waals surface area contributed by atoms with E-state index in [1.807, 2.05) is 4.90 Å². The van der Waals surface area contributed by atoms with Crippen molar-refractivity contribution in [1.29, 1.82) is 0 Å². The van der Waals surface area contributed by atoms with Gasteiger partial charge in [-0.3, -0.25) is 9.69 Å². The minimum Gasteiger partial charge on any atom is -0.340 e. The Labute approximate surface area is 173 Å². The quantitative estimate of drug-likeness (QED) is 0.770. The number of hydrogen-bond acceptors (Lipinski definition) is 5. The van der Waals surface area contributed by atoms with Gasteiger partial charge in [0, 0.05) is 51.2 Å². The van der Waals surface area contributed by atoms with Gasteiger partial charge in [-0.2, -0.15) is 0 Å². The van der Waals surface area contributed by atoms with Crippen molar-refractivity contribution in [2.45, 2.75) is 69.0 Å². The molecule has 8 nitrogen and oxygen atoms in total. The third-order valence-corrected chi connectivity index (χ3v) is 8.64. The summed E-state index contributed by atoms with van der Waals surface area (Å²) in [6.07, 6.45) is 8.27. The number of carbonyl (C=O) groups excluding carboxylic acids is 1. The van der Waals surface area contributed by atoms with Crippen molar-refractivity contribution in [2.24, 2.45) is 13.0 Å². The number of carbonyl (C=O) groups is 1. The molecule has 1 aliphatic heterocycles. The van der Waals surface area contributed by atoms with Crippen molar-refractivity contribution in [2.75, 3.05) is 26.2 Å². The lowest BCUT2D eigenvalue weighted by Gasteiger charge is -2.44. The highest BCUT2D eigenvalue weighted by Crippen LogP contribution is 2.29.